The lowest BCUT2D eigenvalue weighted by atomic mass is 10.1. The summed E-state index contributed by atoms with van der Waals surface area (Å²) in [7, 11) is 1.42. The number of halogens is 1. The Morgan fingerprint density at radius 1 is 1.35 bits per heavy atom. The summed E-state index contributed by atoms with van der Waals surface area (Å²) in [5.41, 5.74) is 7.27. The first-order valence-electron chi connectivity index (χ1n) is 6.81. The topological polar surface area (TPSA) is 55.6 Å². The molecule has 0 bridgehead atoms. The van der Waals surface area contributed by atoms with Gasteiger partial charge in [-0.05, 0) is 43.1 Å². The van der Waals surface area contributed by atoms with Crippen molar-refractivity contribution in [2.24, 2.45) is 5.73 Å². The number of methoxy groups -OCH3 is 1. The summed E-state index contributed by atoms with van der Waals surface area (Å²) < 4.78 is 4.32. The summed E-state index contributed by atoms with van der Waals surface area (Å²) in [5.74, 6) is 0. The van der Waals surface area contributed by atoms with Crippen LogP contribution in [0.15, 0.2) is 30.3 Å². The Bertz CT molecular complexity index is 379. The summed E-state index contributed by atoms with van der Waals surface area (Å²) >= 11 is 4.81. The van der Waals surface area contributed by atoms with Crippen LogP contribution in [0, 0.1) is 0 Å². The molecular formula is C15H23ClN2O2. The maximum absolute atomic E-state index is 9.68. The lowest BCUT2D eigenvalue weighted by Crippen LogP contribution is -2.39. The fourth-order valence-electron chi connectivity index (χ4n) is 2.07. The fourth-order valence-corrected chi connectivity index (χ4v) is 2.18. The second-order valence-electron chi connectivity index (χ2n) is 4.89. The van der Waals surface area contributed by atoms with E-state index < -0.39 is 5.24 Å². The molecule has 1 heterocycles. The van der Waals surface area contributed by atoms with E-state index in [-0.39, 0.29) is 6.61 Å². The monoisotopic (exact) mass is 298 g/mol. The molecule has 112 valence electrons. The van der Waals surface area contributed by atoms with E-state index in [1.165, 1.54) is 12.7 Å². The minimum atomic E-state index is -0.461. The minimum absolute atomic E-state index is 0.00154. The average Bonchev–Trinajstić information content (AvgIpc) is 2.43. The van der Waals surface area contributed by atoms with E-state index in [1.807, 2.05) is 0 Å². The molecule has 2 N–H and O–H groups in total. The normalized spacial score (nSPS) is 16.4. The van der Waals surface area contributed by atoms with Crippen molar-refractivity contribution in [3.63, 3.8) is 0 Å². The Balaban J connectivity index is 0.000000286. The first kappa shape index (κ1) is 17.1. The van der Waals surface area contributed by atoms with Crippen LogP contribution in [0.2, 0.25) is 0 Å². The zero-order chi connectivity index (χ0) is 14.8. The Morgan fingerprint density at radius 2 is 1.95 bits per heavy atom. The van der Waals surface area contributed by atoms with Gasteiger partial charge >= 0.3 is 0 Å². The zero-order valence-corrected chi connectivity index (χ0v) is 12.7. The average molecular weight is 299 g/mol. The van der Waals surface area contributed by atoms with Crippen LogP contribution in [0.3, 0.4) is 0 Å². The third-order valence-electron chi connectivity index (χ3n) is 3.14. The highest BCUT2D eigenvalue weighted by molar-refractivity contribution is 6.63. The van der Waals surface area contributed by atoms with Gasteiger partial charge in [0.15, 0.2) is 0 Å². The lowest BCUT2D eigenvalue weighted by molar-refractivity contribution is -0.114. The maximum atomic E-state index is 9.68. The number of benzene rings is 1. The summed E-state index contributed by atoms with van der Waals surface area (Å²) in [6, 6.07) is 11.1. The van der Waals surface area contributed by atoms with Crippen LogP contribution in [0.25, 0.3) is 0 Å². The molecule has 0 spiro atoms. The van der Waals surface area contributed by atoms with Crippen molar-refractivity contribution in [2.45, 2.75) is 25.4 Å². The third kappa shape index (κ3) is 7.60. The van der Waals surface area contributed by atoms with Gasteiger partial charge < -0.3 is 10.5 Å². The minimum Gasteiger partial charge on any atom is -0.376 e. The van der Waals surface area contributed by atoms with Gasteiger partial charge in [0.05, 0.1) is 0 Å². The highest BCUT2D eigenvalue weighted by atomic mass is 35.5. The third-order valence-corrected chi connectivity index (χ3v) is 3.25. The van der Waals surface area contributed by atoms with E-state index in [0.29, 0.717) is 6.04 Å². The molecule has 0 saturated carbocycles. The highest BCUT2D eigenvalue weighted by Gasteiger charge is 2.15. The van der Waals surface area contributed by atoms with Crippen LogP contribution < -0.4 is 5.73 Å². The number of rotatable bonds is 4. The van der Waals surface area contributed by atoms with E-state index in [0.717, 1.165) is 32.5 Å². The molecule has 0 aliphatic carbocycles. The SMILES string of the molecule is COCC(=O)Cl.NC1CCN(Cc2ccccc2)CC1. The van der Waals surface area contributed by atoms with Crippen LogP contribution >= 0.6 is 11.6 Å². The molecule has 1 aromatic rings. The van der Waals surface area contributed by atoms with Crippen LogP contribution in [0.1, 0.15) is 18.4 Å². The van der Waals surface area contributed by atoms with Crippen molar-refractivity contribution in [3.05, 3.63) is 35.9 Å². The van der Waals surface area contributed by atoms with Crippen molar-refractivity contribution in [2.75, 3.05) is 26.8 Å². The summed E-state index contributed by atoms with van der Waals surface area (Å²) in [6.45, 7) is 3.38. The zero-order valence-electron chi connectivity index (χ0n) is 11.9. The molecule has 0 aromatic heterocycles. The van der Waals surface area contributed by atoms with Crippen LogP contribution in [-0.2, 0) is 16.1 Å². The molecule has 1 fully saturated rings. The van der Waals surface area contributed by atoms with Crippen LogP contribution in [0.5, 0.6) is 0 Å². The van der Waals surface area contributed by atoms with Gasteiger partial charge in [0.1, 0.15) is 6.61 Å². The van der Waals surface area contributed by atoms with Crippen molar-refractivity contribution in [1.29, 1.82) is 0 Å². The molecular weight excluding hydrogens is 276 g/mol. The Morgan fingerprint density at radius 3 is 2.40 bits per heavy atom. The van der Waals surface area contributed by atoms with Gasteiger partial charge in [0, 0.05) is 19.7 Å². The number of likely N-dealkylation sites (tertiary alicyclic amines) is 1. The summed E-state index contributed by atoms with van der Waals surface area (Å²) in [6.07, 6.45) is 2.29. The van der Waals surface area contributed by atoms with Crippen LogP contribution in [-0.4, -0.2) is 43.0 Å². The second kappa shape index (κ2) is 9.88. The molecule has 0 atom stereocenters. The summed E-state index contributed by atoms with van der Waals surface area (Å²) in [4.78, 5) is 12.2. The molecule has 2 rings (SSSR count). The van der Waals surface area contributed by atoms with Gasteiger partial charge in [-0.3, -0.25) is 9.69 Å². The fraction of sp³-hybridized carbons (Fsp3) is 0.533. The molecule has 0 amide bonds. The predicted molar refractivity (Wildman–Crippen MR) is 81.7 cm³/mol. The number of hydrogen-bond acceptors (Lipinski definition) is 4. The Kier molecular flexibility index (Phi) is 8.46. The second-order valence-corrected chi connectivity index (χ2v) is 5.31. The van der Waals surface area contributed by atoms with E-state index in [9.17, 15) is 4.79 Å². The van der Waals surface area contributed by atoms with Gasteiger partial charge in [-0.15, -0.1) is 0 Å². The highest BCUT2D eigenvalue weighted by Crippen LogP contribution is 2.11. The number of carbonyl (C=O) groups is 1. The molecule has 0 unspecified atom stereocenters. The standard InChI is InChI=1S/C12H18N2.C3H5ClO2/c13-12-6-8-14(9-7-12)10-11-4-2-1-3-5-11;1-6-2-3(4)5/h1-5,12H,6-10,13H2;2H2,1H3. The molecule has 20 heavy (non-hydrogen) atoms. The quantitative estimate of drug-likeness (QED) is 0.864. The smallest absolute Gasteiger partial charge is 0.247 e. The number of piperidine rings is 1. The molecule has 0 radical (unpaired) electrons. The van der Waals surface area contributed by atoms with E-state index in [1.54, 1.807) is 0 Å². The van der Waals surface area contributed by atoms with Gasteiger partial charge in [-0.1, -0.05) is 30.3 Å². The first-order chi connectivity index (χ1) is 9.61. The van der Waals surface area contributed by atoms with E-state index in [2.05, 4.69) is 40.0 Å². The van der Waals surface area contributed by atoms with Crippen molar-refractivity contribution in [1.82, 2.24) is 4.90 Å². The number of nitrogens with zero attached hydrogens (tertiary/aromatic N) is 1. The number of carbonyl (C=O) groups excluding carboxylic acids is 1. The number of ether oxygens (including phenoxy) is 1. The van der Waals surface area contributed by atoms with E-state index >= 15 is 0 Å². The van der Waals surface area contributed by atoms with Gasteiger partial charge in [0.25, 0.3) is 0 Å². The molecule has 4 nitrogen and oxygen atoms in total. The van der Waals surface area contributed by atoms with Gasteiger partial charge in [-0.2, -0.15) is 0 Å². The Hall–Kier alpha value is -0.940. The molecule has 1 aromatic carbocycles. The Labute approximate surface area is 125 Å². The predicted octanol–water partition coefficient (Wildman–Crippen LogP) is 2.01. The lowest BCUT2D eigenvalue weighted by Gasteiger charge is -2.29. The van der Waals surface area contributed by atoms with Crippen molar-refractivity contribution >= 4 is 16.8 Å². The largest absolute Gasteiger partial charge is 0.376 e. The summed E-state index contributed by atoms with van der Waals surface area (Å²) in [5, 5.41) is -0.461. The number of nitrogens with two attached hydrogens (primary N) is 1. The van der Waals surface area contributed by atoms with Crippen molar-refractivity contribution in [3.8, 4) is 0 Å². The van der Waals surface area contributed by atoms with E-state index in [4.69, 9.17) is 17.3 Å². The van der Waals surface area contributed by atoms with Gasteiger partial charge in [0.2, 0.25) is 5.24 Å². The molecule has 1 aliphatic rings. The van der Waals surface area contributed by atoms with Crippen molar-refractivity contribution < 1.29 is 9.53 Å². The molecule has 1 aliphatic heterocycles. The molecule has 5 heteroatoms. The van der Waals surface area contributed by atoms with Gasteiger partial charge in [-0.25, -0.2) is 0 Å². The van der Waals surface area contributed by atoms with Crippen LogP contribution in [0.4, 0.5) is 0 Å². The first-order valence-corrected chi connectivity index (χ1v) is 7.18. The maximum Gasteiger partial charge on any atom is 0.247 e. The molecule has 1 saturated heterocycles. The number of hydrogen-bond donors (Lipinski definition) is 1.